The lowest BCUT2D eigenvalue weighted by Gasteiger charge is -2.16. The van der Waals surface area contributed by atoms with Crippen molar-refractivity contribution in [1.29, 1.82) is 0 Å². The molecule has 0 aliphatic rings. The zero-order valence-corrected chi connectivity index (χ0v) is 8.41. The molecule has 0 bridgehead atoms. The summed E-state index contributed by atoms with van der Waals surface area (Å²) in [5.74, 6) is 0. The van der Waals surface area contributed by atoms with E-state index in [4.69, 9.17) is 5.73 Å². The van der Waals surface area contributed by atoms with E-state index in [1.54, 1.807) is 6.92 Å². The van der Waals surface area contributed by atoms with Crippen LogP contribution in [0.15, 0.2) is 18.2 Å². The minimum atomic E-state index is -0.498. The fraction of sp³-hybridized carbons (Fsp3) is 0.455. The molecule has 3 N–H and O–H groups in total. The molecule has 2 atom stereocenters. The molecule has 0 heterocycles. The van der Waals surface area contributed by atoms with Gasteiger partial charge in [-0.05, 0) is 37.5 Å². The molecule has 0 spiro atoms. The van der Waals surface area contributed by atoms with Crippen molar-refractivity contribution in [3.8, 4) is 0 Å². The highest BCUT2D eigenvalue weighted by Gasteiger charge is 2.11. The van der Waals surface area contributed by atoms with Gasteiger partial charge < -0.3 is 10.8 Å². The minimum absolute atomic E-state index is 0.278. The van der Waals surface area contributed by atoms with Crippen molar-refractivity contribution in [3.05, 3.63) is 34.9 Å². The summed E-state index contributed by atoms with van der Waals surface area (Å²) in [6.07, 6.45) is -0.498. The van der Waals surface area contributed by atoms with Crippen LogP contribution in [0.5, 0.6) is 0 Å². The van der Waals surface area contributed by atoms with Gasteiger partial charge in [-0.15, -0.1) is 0 Å². The van der Waals surface area contributed by atoms with Crippen LogP contribution in [-0.4, -0.2) is 11.2 Å². The smallest absolute Gasteiger partial charge is 0.0704 e. The maximum atomic E-state index is 9.31. The van der Waals surface area contributed by atoms with E-state index in [1.807, 2.05) is 25.1 Å². The molecule has 0 saturated heterocycles. The van der Waals surface area contributed by atoms with E-state index < -0.39 is 6.10 Å². The molecule has 1 aromatic carbocycles. The summed E-state index contributed by atoms with van der Waals surface area (Å²) in [5.41, 5.74) is 9.27. The number of rotatable bonds is 2. The first-order valence-electron chi connectivity index (χ1n) is 4.53. The standard InChI is InChI=1S/C11H17NO/c1-7-4-5-10(6-8(7)2)11(12)9(3)13/h4-6,9,11,13H,12H2,1-3H3/t9-,11-/m1/s1. The third-order valence-electron chi connectivity index (χ3n) is 2.44. The van der Waals surface area contributed by atoms with Crippen molar-refractivity contribution in [3.63, 3.8) is 0 Å². The summed E-state index contributed by atoms with van der Waals surface area (Å²) >= 11 is 0. The summed E-state index contributed by atoms with van der Waals surface area (Å²) in [5, 5.41) is 9.31. The van der Waals surface area contributed by atoms with Crippen LogP contribution < -0.4 is 5.73 Å². The number of hydrogen-bond acceptors (Lipinski definition) is 2. The summed E-state index contributed by atoms with van der Waals surface area (Å²) in [7, 11) is 0. The van der Waals surface area contributed by atoms with Crippen LogP contribution in [0.25, 0.3) is 0 Å². The van der Waals surface area contributed by atoms with Gasteiger partial charge in [-0.1, -0.05) is 18.2 Å². The van der Waals surface area contributed by atoms with E-state index in [0.717, 1.165) is 5.56 Å². The summed E-state index contributed by atoms with van der Waals surface area (Å²) in [4.78, 5) is 0. The number of aryl methyl sites for hydroxylation is 2. The number of aliphatic hydroxyl groups is 1. The Morgan fingerprint density at radius 1 is 1.23 bits per heavy atom. The largest absolute Gasteiger partial charge is 0.391 e. The molecule has 0 aromatic heterocycles. The average Bonchev–Trinajstić information content (AvgIpc) is 2.08. The zero-order valence-electron chi connectivity index (χ0n) is 8.41. The molecule has 0 saturated carbocycles. The Morgan fingerprint density at radius 2 is 1.85 bits per heavy atom. The van der Waals surface area contributed by atoms with Crippen LogP contribution in [0.2, 0.25) is 0 Å². The first kappa shape index (κ1) is 10.2. The Balaban J connectivity index is 2.97. The van der Waals surface area contributed by atoms with Gasteiger partial charge in [0.1, 0.15) is 0 Å². The van der Waals surface area contributed by atoms with Crippen LogP contribution in [-0.2, 0) is 0 Å². The van der Waals surface area contributed by atoms with Gasteiger partial charge in [0.25, 0.3) is 0 Å². The fourth-order valence-electron chi connectivity index (χ4n) is 1.25. The predicted molar refractivity (Wildman–Crippen MR) is 54.5 cm³/mol. The van der Waals surface area contributed by atoms with Crippen molar-refractivity contribution in [2.24, 2.45) is 5.73 Å². The van der Waals surface area contributed by atoms with E-state index >= 15 is 0 Å². The summed E-state index contributed by atoms with van der Waals surface area (Å²) < 4.78 is 0. The van der Waals surface area contributed by atoms with Crippen LogP contribution >= 0.6 is 0 Å². The fourth-order valence-corrected chi connectivity index (χ4v) is 1.25. The molecule has 0 unspecified atom stereocenters. The first-order valence-corrected chi connectivity index (χ1v) is 4.53. The van der Waals surface area contributed by atoms with E-state index in [9.17, 15) is 5.11 Å². The Bertz CT molecular complexity index is 294. The third kappa shape index (κ3) is 2.29. The van der Waals surface area contributed by atoms with E-state index in [-0.39, 0.29) is 6.04 Å². The van der Waals surface area contributed by atoms with E-state index in [0.29, 0.717) is 0 Å². The molecule has 13 heavy (non-hydrogen) atoms. The molecule has 72 valence electrons. The third-order valence-corrected chi connectivity index (χ3v) is 2.44. The van der Waals surface area contributed by atoms with Crippen LogP contribution in [0, 0.1) is 13.8 Å². The second kappa shape index (κ2) is 3.90. The Morgan fingerprint density at radius 3 is 2.31 bits per heavy atom. The maximum Gasteiger partial charge on any atom is 0.0704 e. The van der Waals surface area contributed by atoms with Gasteiger partial charge in [0, 0.05) is 0 Å². The Labute approximate surface area is 79.4 Å². The van der Waals surface area contributed by atoms with Crippen LogP contribution in [0.4, 0.5) is 0 Å². The molecule has 1 rings (SSSR count). The van der Waals surface area contributed by atoms with Gasteiger partial charge in [0.15, 0.2) is 0 Å². The number of benzene rings is 1. The van der Waals surface area contributed by atoms with Gasteiger partial charge >= 0.3 is 0 Å². The van der Waals surface area contributed by atoms with Crippen molar-refractivity contribution in [2.75, 3.05) is 0 Å². The highest BCUT2D eigenvalue weighted by Crippen LogP contribution is 2.17. The SMILES string of the molecule is Cc1ccc([C@H](N)[C@@H](C)O)cc1C. The zero-order chi connectivity index (χ0) is 10.0. The molecular formula is C11H17NO. The molecule has 0 radical (unpaired) electrons. The lowest BCUT2D eigenvalue weighted by atomic mass is 9.99. The Kier molecular flexibility index (Phi) is 3.07. The second-order valence-electron chi connectivity index (χ2n) is 3.61. The maximum absolute atomic E-state index is 9.31. The number of aliphatic hydroxyl groups excluding tert-OH is 1. The number of hydrogen-bond donors (Lipinski definition) is 2. The van der Waals surface area contributed by atoms with E-state index in [2.05, 4.69) is 6.92 Å². The average molecular weight is 179 g/mol. The molecule has 2 heteroatoms. The van der Waals surface area contributed by atoms with Crippen molar-refractivity contribution in [2.45, 2.75) is 32.9 Å². The van der Waals surface area contributed by atoms with Gasteiger partial charge in [-0.25, -0.2) is 0 Å². The van der Waals surface area contributed by atoms with Crippen molar-refractivity contribution < 1.29 is 5.11 Å². The van der Waals surface area contributed by atoms with Crippen molar-refractivity contribution >= 4 is 0 Å². The highest BCUT2D eigenvalue weighted by molar-refractivity contribution is 5.31. The number of nitrogens with two attached hydrogens (primary N) is 1. The summed E-state index contributed by atoms with van der Waals surface area (Å²) in [6.45, 7) is 5.82. The van der Waals surface area contributed by atoms with Gasteiger partial charge in [-0.2, -0.15) is 0 Å². The molecule has 0 amide bonds. The van der Waals surface area contributed by atoms with Gasteiger partial charge in [-0.3, -0.25) is 0 Å². The lowest BCUT2D eigenvalue weighted by Crippen LogP contribution is -2.23. The predicted octanol–water partition coefficient (Wildman–Crippen LogP) is 1.68. The normalized spacial score (nSPS) is 15.5. The second-order valence-corrected chi connectivity index (χ2v) is 3.61. The molecule has 1 aromatic rings. The highest BCUT2D eigenvalue weighted by atomic mass is 16.3. The molecular weight excluding hydrogens is 162 g/mol. The molecule has 0 aliphatic carbocycles. The van der Waals surface area contributed by atoms with E-state index in [1.165, 1.54) is 11.1 Å². The topological polar surface area (TPSA) is 46.2 Å². The van der Waals surface area contributed by atoms with Crippen LogP contribution in [0.1, 0.15) is 29.7 Å². The molecule has 2 nitrogen and oxygen atoms in total. The summed E-state index contributed by atoms with van der Waals surface area (Å²) in [6, 6.07) is 5.76. The lowest BCUT2D eigenvalue weighted by molar-refractivity contribution is 0.164. The van der Waals surface area contributed by atoms with Crippen molar-refractivity contribution in [1.82, 2.24) is 0 Å². The Hall–Kier alpha value is -0.860. The van der Waals surface area contributed by atoms with Crippen LogP contribution in [0.3, 0.4) is 0 Å². The monoisotopic (exact) mass is 179 g/mol. The quantitative estimate of drug-likeness (QED) is 0.725. The molecule has 0 aliphatic heterocycles. The molecule has 0 fully saturated rings. The first-order chi connectivity index (χ1) is 6.02. The minimum Gasteiger partial charge on any atom is -0.391 e. The van der Waals surface area contributed by atoms with Gasteiger partial charge in [0.05, 0.1) is 12.1 Å². The van der Waals surface area contributed by atoms with Gasteiger partial charge in [0.2, 0.25) is 0 Å².